The molecule has 9 atom stereocenters. The molecular formula is C54H93NO12Si3. The van der Waals surface area contributed by atoms with Gasteiger partial charge in [-0.15, -0.1) is 0 Å². The predicted molar refractivity (Wildman–Crippen MR) is 287 cm³/mol. The minimum atomic E-state index is -2.20. The van der Waals surface area contributed by atoms with Crippen LogP contribution in [-0.4, -0.2) is 90.6 Å². The van der Waals surface area contributed by atoms with E-state index in [1.165, 1.54) is 24.3 Å². The number of cyclic esters (lactones) is 1. The summed E-state index contributed by atoms with van der Waals surface area (Å²) in [6.07, 6.45) is 10.1. The van der Waals surface area contributed by atoms with Gasteiger partial charge in [-0.25, -0.2) is 9.68 Å². The number of nitrogens with zero attached hydrogens (tertiary/aromatic N) is 1. The molecule has 13 nitrogen and oxygen atoms in total. The number of nitro benzene ring substituents is 1. The average Bonchev–Trinajstić information content (AvgIpc) is 4.13. The molecule has 0 amide bonds. The second-order valence-corrected chi connectivity index (χ2v) is 34.7. The number of carbonyl (C=O) groups excluding carboxylic acids is 2. The first-order valence-corrected chi connectivity index (χ1v) is 34.4. The molecule has 16 heteroatoms. The number of rotatable bonds is 28. The first-order chi connectivity index (χ1) is 33.1. The van der Waals surface area contributed by atoms with Crippen LogP contribution in [0.5, 0.6) is 5.75 Å². The van der Waals surface area contributed by atoms with Crippen molar-refractivity contribution in [2.45, 2.75) is 238 Å². The molecule has 0 aromatic heterocycles. The summed E-state index contributed by atoms with van der Waals surface area (Å²) in [5.41, 5.74) is -0.770. The standard InChI is InChI=1S/C54H93NO12Si3/c1-17-47(66-69(21-5,22-6)23-7)42(13)51-48(61-51)39-53(14,67-70(24-8,25-9)26-10)36-27-28-40(11)50-41(12)29-34-46(52(57)64-63-44-32-30-43(31-33-44)55(58)59)54(15,60-16)37-35-45(38-49(56)62-50)65-68(18-2,19-3)20-4/h27-28,30-34,36,41-42,45,47-48,50-51H,17-26,29,35,37-39H2,1-16H3. The Bertz CT molecular complexity index is 1870. The molecule has 2 aliphatic heterocycles. The number of carbonyl (C=O) groups is 2. The maximum absolute atomic E-state index is 14.2. The zero-order valence-electron chi connectivity index (χ0n) is 46.1. The molecular weight excluding hydrogens is 939 g/mol. The van der Waals surface area contributed by atoms with E-state index in [0.29, 0.717) is 19.3 Å². The van der Waals surface area contributed by atoms with Gasteiger partial charge in [0.2, 0.25) is 0 Å². The number of allylic oxidation sites excluding steroid dienone is 3. The number of hydrogen-bond donors (Lipinski definition) is 0. The minimum absolute atomic E-state index is 0.0490. The summed E-state index contributed by atoms with van der Waals surface area (Å²) in [6, 6.07) is 14.4. The van der Waals surface area contributed by atoms with E-state index in [0.717, 1.165) is 72.8 Å². The van der Waals surface area contributed by atoms with Crippen LogP contribution in [0.15, 0.2) is 59.7 Å². The van der Waals surface area contributed by atoms with E-state index in [1.54, 1.807) is 13.2 Å². The van der Waals surface area contributed by atoms with Crippen LogP contribution in [0.4, 0.5) is 5.69 Å². The van der Waals surface area contributed by atoms with Crippen LogP contribution in [0.25, 0.3) is 0 Å². The van der Waals surface area contributed by atoms with Crippen LogP contribution in [0.1, 0.15) is 142 Å². The van der Waals surface area contributed by atoms with Gasteiger partial charge >= 0.3 is 11.9 Å². The van der Waals surface area contributed by atoms with Gasteiger partial charge in [-0.2, -0.15) is 0 Å². The number of ether oxygens (including phenoxy) is 3. The van der Waals surface area contributed by atoms with E-state index in [4.69, 9.17) is 37.3 Å². The van der Waals surface area contributed by atoms with Gasteiger partial charge in [0.25, 0.3) is 5.69 Å². The lowest BCUT2D eigenvalue weighted by Gasteiger charge is -2.39. The quantitative estimate of drug-likeness (QED) is 0.0149. The number of epoxide rings is 1. The van der Waals surface area contributed by atoms with Crippen molar-refractivity contribution >= 4 is 42.6 Å². The molecule has 0 spiro atoms. The van der Waals surface area contributed by atoms with Gasteiger partial charge in [0.05, 0.1) is 46.4 Å². The molecule has 1 aromatic rings. The van der Waals surface area contributed by atoms with Crippen molar-refractivity contribution in [3.63, 3.8) is 0 Å². The molecule has 1 saturated heterocycles. The van der Waals surface area contributed by atoms with E-state index in [2.05, 4.69) is 95.2 Å². The summed E-state index contributed by atoms with van der Waals surface area (Å²) >= 11 is 0. The average molecular weight is 1030 g/mol. The molecule has 2 aliphatic rings. The Kier molecular flexibility index (Phi) is 24.5. The summed E-state index contributed by atoms with van der Waals surface area (Å²) in [7, 11) is -4.53. The summed E-state index contributed by atoms with van der Waals surface area (Å²) in [6.45, 7) is 32.6. The maximum atomic E-state index is 14.2. The number of hydrogen-bond acceptors (Lipinski definition) is 12. The SMILES string of the molecule is CCC(O[Si](CC)(CC)CC)C(C)C1OC1CC(C)(C=CC=C(C)C1OC(=O)CC(O[Si](CC)(CC)CC)CCC(C)(OC)C(C(=O)OOc2ccc([N+](=O)[O-])cc2)=CCC1C)O[Si](CC)(CC)CC. The van der Waals surface area contributed by atoms with E-state index in [1.807, 2.05) is 26.8 Å². The smallest absolute Gasteiger partial charge is 0.384 e. The van der Waals surface area contributed by atoms with E-state index < -0.39 is 59.3 Å². The first kappa shape index (κ1) is 61.3. The number of benzene rings is 1. The van der Waals surface area contributed by atoms with Crippen LogP contribution < -0.4 is 4.89 Å². The van der Waals surface area contributed by atoms with Crippen LogP contribution in [0.3, 0.4) is 0 Å². The van der Waals surface area contributed by atoms with Crippen molar-refractivity contribution < 1.29 is 51.8 Å². The van der Waals surface area contributed by atoms with Gasteiger partial charge in [-0.3, -0.25) is 19.8 Å². The summed E-state index contributed by atoms with van der Waals surface area (Å²) in [5.74, 6) is -0.985. The van der Waals surface area contributed by atoms with Crippen LogP contribution in [-0.2, 0) is 42.0 Å². The topological polar surface area (TPSA) is 154 Å². The highest BCUT2D eigenvalue weighted by atomic mass is 28.4. The van der Waals surface area contributed by atoms with E-state index in [-0.39, 0.29) is 59.5 Å². The fourth-order valence-electron chi connectivity index (χ4n) is 10.5. The second kappa shape index (κ2) is 27.9. The third-order valence-electron chi connectivity index (χ3n) is 16.4. The number of esters is 1. The second-order valence-electron chi connectivity index (χ2n) is 20.5. The number of non-ortho nitro benzene ring substituents is 1. The van der Waals surface area contributed by atoms with Gasteiger partial charge in [0.1, 0.15) is 6.10 Å². The molecule has 9 unspecified atom stereocenters. The van der Waals surface area contributed by atoms with Crippen LogP contribution >= 0.6 is 0 Å². The van der Waals surface area contributed by atoms with Crippen molar-refractivity contribution in [1.29, 1.82) is 0 Å². The lowest BCUT2D eigenvalue weighted by atomic mass is 9.85. The van der Waals surface area contributed by atoms with E-state index >= 15 is 0 Å². The fraction of sp³-hybridized carbons (Fsp3) is 0.741. The lowest BCUT2D eigenvalue weighted by molar-refractivity contribution is -0.384. The van der Waals surface area contributed by atoms with Crippen molar-refractivity contribution in [2.75, 3.05) is 7.11 Å². The van der Waals surface area contributed by atoms with Gasteiger partial charge in [-0.05, 0) is 119 Å². The highest BCUT2D eigenvalue weighted by Gasteiger charge is 2.51. The van der Waals surface area contributed by atoms with Gasteiger partial charge < -0.3 is 27.5 Å². The summed E-state index contributed by atoms with van der Waals surface area (Å²) in [4.78, 5) is 49.8. The molecule has 1 fully saturated rings. The molecule has 0 aliphatic carbocycles. The third kappa shape index (κ3) is 16.5. The van der Waals surface area contributed by atoms with Gasteiger partial charge in [-0.1, -0.05) is 107 Å². The molecule has 398 valence electrons. The zero-order chi connectivity index (χ0) is 52.5. The van der Waals surface area contributed by atoms with Crippen molar-refractivity contribution in [3.8, 4) is 5.75 Å². The summed E-state index contributed by atoms with van der Waals surface area (Å²) in [5, 5.41) is 11.2. The normalized spacial score (nSPS) is 24.9. The largest absolute Gasteiger partial charge is 0.457 e. The highest BCUT2D eigenvalue weighted by molar-refractivity contribution is 6.74. The molecule has 1 aromatic carbocycles. The summed E-state index contributed by atoms with van der Waals surface area (Å²) < 4.78 is 40.6. The minimum Gasteiger partial charge on any atom is -0.457 e. The Balaban J connectivity index is 2.05. The fourth-order valence-corrected chi connectivity index (χ4v) is 19.5. The molecule has 3 rings (SSSR count). The Morgan fingerprint density at radius 1 is 0.929 bits per heavy atom. The highest BCUT2D eigenvalue weighted by Crippen LogP contribution is 2.43. The Hall–Kier alpha value is -2.97. The van der Waals surface area contributed by atoms with Crippen LogP contribution in [0, 0.1) is 22.0 Å². The van der Waals surface area contributed by atoms with Crippen molar-refractivity contribution in [2.24, 2.45) is 11.8 Å². The number of methoxy groups -OCH3 is 1. The molecule has 70 heavy (non-hydrogen) atoms. The Morgan fingerprint density at radius 3 is 2.01 bits per heavy atom. The zero-order valence-corrected chi connectivity index (χ0v) is 49.1. The predicted octanol–water partition coefficient (Wildman–Crippen LogP) is 14.2. The first-order valence-electron chi connectivity index (χ1n) is 26.8. The van der Waals surface area contributed by atoms with E-state index in [9.17, 15) is 19.7 Å². The lowest BCUT2D eigenvalue weighted by Crippen LogP contribution is -2.46. The maximum Gasteiger partial charge on any atom is 0.384 e. The monoisotopic (exact) mass is 1030 g/mol. The molecule has 0 N–H and O–H groups in total. The van der Waals surface area contributed by atoms with Gasteiger partial charge in [0, 0.05) is 43.6 Å². The Morgan fingerprint density at radius 2 is 1.50 bits per heavy atom. The van der Waals surface area contributed by atoms with Crippen molar-refractivity contribution in [3.05, 3.63) is 69.8 Å². The molecule has 2 heterocycles. The van der Waals surface area contributed by atoms with Crippen molar-refractivity contribution in [1.82, 2.24) is 0 Å². The molecule has 0 radical (unpaired) electrons. The third-order valence-corrected chi connectivity index (χ3v) is 30.5. The van der Waals surface area contributed by atoms with Crippen LogP contribution in [0.2, 0.25) is 54.4 Å². The number of nitro groups is 1. The molecule has 0 saturated carbocycles. The van der Waals surface area contributed by atoms with Gasteiger partial charge in [0.15, 0.2) is 30.7 Å². The molecule has 0 bridgehead atoms. The Labute approximate surface area is 425 Å².